The topological polar surface area (TPSA) is 52.3 Å². The van der Waals surface area contributed by atoms with Crippen LogP contribution in [0.4, 0.5) is 0 Å². The standard InChI is InChI=1S/C13H15NO2/c1-16-13(15)11-4-2-3-9(7-11)10-5-6-12(14)8-10/h2-7,10,12H,8,14H2,1H3. The van der Waals surface area contributed by atoms with Gasteiger partial charge in [-0.3, -0.25) is 0 Å². The minimum Gasteiger partial charge on any atom is -0.465 e. The summed E-state index contributed by atoms with van der Waals surface area (Å²) in [5.41, 5.74) is 7.52. The maximum absolute atomic E-state index is 11.4. The Morgan fingerprint density at radius 2 is 2.25 bits per heavy atom. The number of benzene rings is 1. The molecule has 0 fully saturated rings. The van der Waals surface area contributed by atoms with Crippen molar-refractivity contribution >= 4 is 5.97 Å². The normalized spacial score (nSPS) is 23.4. The maximum atomic E-state index is 11.4. The highest BCUT2D eigenvalue weighted by Crippen LogP contribution is 2.28. The van der Waals surface area contributed by atoms with Crippen molar-refractivity contribution in [3.63, 3.8) is 0 Å². The minimum absolute atomic E-state index is 0.131. The van der Waals surface area contributed by atoms with Crippen molar-refractivity contribution in [3.05, 3.63) is 47.5 Å². The van der Waals surface area contributed by atoms with E-state index in [1.807, 2.05) is 24.3 Å². The molecule has 84 valence electrons. The molecule has 0 saturated heterocycles. The van der Waals surface area contributed by atoms with Crippen LogP contribution in [-0.2, 0) is 4.74 Å². The lowest BCUT2D eigenvalue weighted by atomic mass is 9.96. The van der Waals surface area contributed by atoms with E-state index in [-0.39, 0.29) is 12.0 Å². The van der Waals surface area contributed by atoms with Crippen molar-refractivity contribution in [2.75, 3.05) is 7.11 Å². The molecule has 3 heteroatoms. The molecule has 0 heterocycles. The number of allylic oxidation sites excluding steroid dienone is 1. The molecule has 0 bridgehead atoms. The molecule has 3 nitrogen and oxygen atoms in total. The fourth-order valence-corrected chi connectivity index (χ4v) is 1.99. The number of hydrogen-bond acceptors (Lipinski definition) is 3. The number of esters is 1. The van der Waals surface area contributed by atoms with Crippen molar-refractivity contribution in [1.29, 1.82) is 0 Å². The van der Waals surface area contributed by atoms with Crippen molar-refractivity contribution in [3.8, 4) is 0 Å². The Morgan fingerprint density at radius 3 is 2.88 bits per heavy atom. The van der Waals surface area contributed by atoms with Crippen LogP contribution in [0.15, 0.2) is 36.4 Å². The van der Waals surface area contributed by atoms with E-state index in [2.05, 4.69) is 6.08 Å². The Morgan fingerprint density at radius 1 is 1.44 bits per heavy atom. The third kappa shape index (κ3) is 2.14. The smallest absolute Gasteiger partial charge is 0.337 e. The lowest BCUT2D eigenvalue weighted by Gasteiger charge is -2.10. The quantitative estimate of drug-likeness (QED) is 0.607. The summed E-state index contributed by atoms with van der Waals surface area (Å²) in [6, 6.07) is 7.65. The first-order chi connectivity index (χ1) is 7.70. The van der Waals surface area contributed by atoms with Crippen LogP contribution in [0, 0.1) is 0 Å². The Kier molecular flexibility index (Phi) is 3.06. The van der Waals surface area contributed by atoms with Crippen LogP contribution in [-0.4, -0.2) is 19.1 Å². The Hall–Kier alpha value is -1.61. The second-order valence-electron chi connectivity index (χ2n) is 4.01. The first kappa shape index (κ1) is 10.9. The number of nitrogens with two attached hydrogens (primary N) is 1. The molecule has 1 aliphatic rings. The summed E-state index contributed by atoms with van der Waals surface area (Å²) in [6.07, 6.45) is 5.02. The van der Waals surface area contributed by atoms with E-state index in [1.54, 1.807) is 6.07 Å². The average molecular weight is 217 g/mol. The summed E-state index contributed by atoms with van der Waals surface area (Å²) in [6.45, 7) is 0. The number of ether oxygens (including phenoxy) is 1. The third-order valence-electron chi connectivity index (χ3n) is 2.85. The molecule has 0 aromatic heterocycles. The van der Waals surface area contributed by atoms with E-state index in [1.165, 1.54) is 7.11 Å². The van der Waals surface area contributed by atoms with Crippen molar-refractivity contribution in [2.24, 2.45) is 5.73 Å². The van der Waals surface area contributed by atoms with E-state index in [9.17, 15) is 4.79 Å². The molecule has 1 aromatic rings. The number of hydrogen-bond donors (Lipinski definition) is 1. The van der Waals surface area contributed by atoms with Crippen molar-refractivity contribution < 1.29 is 9.53 Å². The van der Waals surface area contributed by atoms with Gasteiger partial charge in [-0.25, -0.2) is 4.79 Å². The van der Waals surface area contributed by atoms with Gasteiger partial charge in [0.15, 0.2) is 0 Å². The molecule has 0 radical (unpaired) electrons. The molecular formula is C13H15NO2. The monoisotopic (exact) mass is 217 g/mol. The number of carbonyl (C=O) groups is 1. The average Bonchev–Trinajstić information content (AvgIpc) is 2.75. The van der Waals surface area contributed by atoms with Gasteiger partial charge >= 0.3 is 5.97 Å². The van der Waals surface area contributed by atoms with Crippen LogP contribution in [0.2, 0.25) is 0 Å². The predicted molar refractivity (Wildman–Crippen MR) is 62.3 cm³/mol. The van der Waals surface area contributed by atoms with E-state index < -0.39 is 0 Å². The van der Waals surface area contributed by atoms with Crippen LogP contribution >= 0.6 is 0 Å². The van der Waals surface area contributed by atoms with E-state index in [0.29, 0.717) is 11.5 Å². The van der Waals surface area contributed by atoms with Crippen molar-refractivity contribution in [1.82, 2.24) is 0 Å². The molecule has 2 atom stereocenters. The molecule has 2 N–H and O–H groups in total. The largest absolute Gasteiger partial charge is 0.465 e. The summed E-state index contributed by atoms with van der Waals surface area (Å²) in [5, 5.41) is 0. The lowest BCUT2D eigenvalue weighted by molar-refractivity contribution is 0.0600. The van der Waals surface area contributed by atoms with Crippen LogP contribution in [0.3, 0.4) is 0 Å². The molecule has 0 amide bonds. The zero-order valence-electron chi connectivity index (χ0n) is 9.22. The molecule has 1 aromatic carbocycles. The maximum Gasteiger partial charge on any atom is 0.337 e. The van der Waals surface area contributed by atoms with Gasteiger partial charge in [0, 0.05) is 12.0 Å². The van der Waals surface area contributed by atoms with Gasteiger partial charge in [0.2, 0.25) is 0 Å². The fourth-order valence-electron chi connectivity index (χ4n) is 1.99. The third-order valence-corrected chi connectivity index (χ3v) is 2.85. The Bertz CT molecular complexity index is 426. The number of rotatable bonds is 2. The Labute approximate surface area is 94.9 Å². The molecule has 1 aliphatic carbocycles. The minimum atomic E-state index is -0.298. The molecule has 16 heavy (non-hydrogen) atoms. The van der Waals surface area contributed by atoms with Crippen molar-refractivity contribution in [2.45, 2.75) is 18.4 Å². The molecule has 0 spiro atoms. The number of carbonyl (C=O) groups excluding carboxylic acids is 1. The van der Waals surface area contributed by atoms with Crippen LogP contribution < -0.4 is 5.73 Å². The fraction of sp³-hybridized carbons (Fsp3) is 0.308. The highest BCUT2D eigenvalue weighted by Gasteiger charge is 2.18. The summed E-state index contributed by atoms with van der Waals surface area (Å²) in [7, 11) is 1.39. The lowest BCUT2D eigenvalue weighted by Crippen LogP contribution is -2.14. The van der Waals surface area contributed by atoms with Crippen LogP contribution in [0.1, 0.15) is 28.3 Å². The van der Waals surface area contributed by atoms with Gasteiger partial charge in [0.25, 0.3) is 0 Å². The molecule has 0 aliphatic heterocycles. The van der Waals surface area contributed by atoms with Gasteiger partial charge in [-0.1, -0.05) is 24.3 Å². The summed E-state index contributed by atoms with van der Waals surface area (Å²) in [5.74, 6) is 0.0210. The van der Waals surface area contributed by atoms with Gasteiger partial charge in [-0.15, -0.1) is 0 Å². The van der Waals surface area contributed by atoms with E-state index in [0.717, 1.165) is 12.0 Å². The molecule has 2 unspecified atom stereocenters. The zero-order valence-corrected chi connectivity index (χ0v) is 9.22. The SMILES string of the molecule is COC(=O)c1cccc(C2C=CC(N)C2)c1. The van der Waals surface area contributed by atoms with Crippen LogP contribution in [0.5, 0.6) is 0 Å². The molecule has 2 rings (SSSR count). The summed E-state index contributed by atoms with van der Waals surface area (Å²) in [4.78, 5) is 11.4. The van der Waals surface area contributed by atoms with Gasteiger partial charge < -0.3 is 10.5 Å². The predicted octanol–water partition coefficient (Wildman–Crippen LogP) is 1.84. The Balaban J connectivity index is 2.23. The second kappa shape index (κ2) is 4.49. The molecule has 0 saturated carbocycles. The van der Waals surface area contributed by atoms with Gasteiger partial charge in [-0.05, 0) is 24.1 Å². The van der Waals surface area contributed by atoms with E-state index >= 15 is 0 Å². The van der Waals surface area contributed by atoms with Crippen LogP contribution in [0.25, 0.3) is 0 Å². The van der Waals surface area contributed by atoms with Gasteiger partial charge in [0.1, 0.15) is 0 Å². The zero-order chi connectivity index (χ0) is 11.5. The summed E-state index contributed by atoms with van der Waals surface area (Å²) >= 11 is 0. The molecular weight excluding hydrogens is 202 g/mol. The first-order valence-corrected chi connectivity index (χ1v) is 5.33. The van der Waals surface area contributed by atoms with E-state index in [4.69, 9.17) is 10.5 Å². The van der Waals surface area contributed by atoms with Gasteiger partial charge in [-0.2, -0.15) is 0 Å². The second-order valence-corrected chi connectivity index (χ2v) is 4.01. The number of methoxy groups -OCH3 is 1. The first-order valence-electron chi connectivity index (χ1n) is 5.33. The van der Waals surface area contributed by atoms with Gasteiger partial charge in [0.05, 0.1) is 12.7 Å². The highest BCUT2D eigenvalue weighted by molar-refractivity contribution is 5.89. The summed E-state index contributed by atoms with van der Waals surface area (Å²) < 4.78 is 4.69. The highest BCUT2D eigenvalue weighted by atomic mass is 16.5.